The summed E-state index contributed by atoms with van der Waals surface area (Å²) < 4.78 is 26.3. The first kappa shape index (κ1) is 17.4. The lowest BCUT2D eigenvalue weighted by Crippen LogP contribution is -2.24. The van der Waals surface area contributed by atoms with Crippen LogP contribution >= 0.6 is 0 Å². The minimum absolute atomic E-state index is 0.135. The Morgan fingerprint density at radius 1 is 1.00 bits per heavy atom. The van der Waals surface area contributed by atoms with Crippen molar-refractivity contribution in [3.63, 3.8) is 0 Å². The maximum absolute atomic E-state index is 13.5. The fourth-order valence-electron chi connectivity index (χ4n) is 1.92. The molecule has 126 valence electrons. The summed E-state index contributed by atoms with van der Waals surface area (Å²) in [6, 6.07) is 8.43. The van der Waals surface area contributed by atoms with E-state index in [9.17, 15) is 18.4 Å². The zero-order chi connectivity index (χ0) is 17.5. The van der Waals surface area contributed by atoms with Gasteiger partial charge >= 0.3 is 6.03 Å². The molecule has 5 nitrogen and oxygen atoms in total. The highest BCUT2D eigenvalue weighted by Crippen LogP contribution is 2.16. The van der Waals surface area contributed by atoms with Crippen LogP contribution in [-0.4, -0.2) is 18.5 Å². The van der Waals surface area contributed by atoms with Crippen molar-refractivity contribution >= 4 is 23.3 Å². The van der Waals surface area contributed by atoms with E-state index in [0.29, 0.717) is 23.9 Å². The Hall–Kier alpha value is -2.96. The summed E-state index contributed by atoms with van der Waals surface area (Å²) in [6.45, 7) is 2.54. The van der Waals surface area contributed by atoms with Crippen molar-refractivity contribution in [2.45, 2.75) is 13.3 Å². The minimum Gasteiger partial charge on any atom is -0.352 e. The maximum Gasteiger partial charge on any atom is 0.323 e. The summed E-state index contributed by atoms with van der Waals surface area (Å²) in [5.41, 5.74) is 0.769. The van der Waals surface area contributed by atoms with Gasteiger partial charge in [-0.3, -0.25) is 4.79 Å². The molecule has 0 heterocycles. The molecule has 0 saturated carbocycles. The standard InChI is InChI=1S/C17H17F2N3O2/c1-2-9-20-16(23)11-3-6-13(7-4-11)21-17(24)22-15-8-5-12(18)10-14(15)19/h3-8,10H,2,9H2,1H3,(H,20,23)(H2,21,22,24). The zero-order valence-electron chi connectivity index (χ0n) is 13.0. The third-order valence-electron chi connectivity index (χ3n) is 3.12. The maximum atomic E-state index is 13.5. The molecule has 0 unspecified atom stereocenters. The molecule has 0 saturated heterocycles. The molecular weight excluding hydrogens is 316 g/mol. The van der Waals surface area contributed by atoms with Crippen molar-refractivity contribution in [1.82, 2.24) is 5.32 Å². The largest absolute Gasteiger partial charge is 0.352 e. The van der Waals surface area contributed by atoms with Crippen LogP contribution in [0.5, 0.6) is 0 Å². The molecule has 0 spiro atoms. The van der Waals surface area contributed by atoms with Gasteiger partial charge in [0.15, 0.2) is 0 Å². The highest BCUT2D eigenvalue weighted by atomic mass is 19.1. The number of amides is 3. The molecule has 0 aromatic heterocycles. The quantitative estimate of drug-likeness (QED) is 0.780. The second kappa shape index (κ2) is 8.05. The lowest BCUT2D eigenvalue weighted by Gasteiger charge is -2.09. The van der Waals surface area contributed by atoms with Gasteiger partial charge in [0.1, 0.15) is 11.6 Å². The predicted octanol–water partition coefficient (Wildman–Crippen LogP) is 3.75. The third kappa shape index (κ3) is 4.77. The monoisotopic (exact) mass is 333 g/mol. The van der Waals surface area contributed by atoms with E-state index in [0.717, 1.165) is 18.6 Å². The average molecular weight is 333 g/mol. The van der Waals surface area contributed by atoms with Gasteiger partial charge in [-0.25, -0.2) is 13.6 Å². The van der Waals surface area contributed by atoms with Gasteiger partial charge in [0.2, 0.25) is 0 Å². The lowest BCUT2D eigenvalue weighted by molar-refractivity contribution is 0.0953. The molecule has 7 heteroatoms. The number of benzene rings is 2. The number of rotatable bonds is 5. The van der Waals surface area contributed by atoms with Gasteiger partial charge in [0, 0.05) is 23.9 Å². The van der Waals surface area contributed by atoms with Gasteiger partial charge in [-0.2, -0.15) is 0 Å². The molecule has 0 aliphatic heterocycles. The number of anilines is 2. The molecule has 24 heavy (non-hydrogen) atoms. The Labute approximate surface area is 138 Å². The van der Waals surface area contributed by atoms with Crippen LogP contribution in [0.25, 0.3) is 0 Å². The van der Waals surface area contributed by atoms with Crippen LogP contribution in [0.1, 0.15) is 23.7 Å². The molecule has 3 N–H and O–H groups in total. The van der Waals surface area contributed by atoms with Crippen LogP contribution in [0, 0.1) is 11.6 Å². The Morgan fingerprint density at radius 3 is 2.33 bits per heavy atom. The molecular formula is C17H17F2N3O2. The summed E-state index contributed by atoms with van der Waals surface area (Å²) >= 11 is 0. The minimum atomic E-state index is -0.868. The summed E-state index contributed by atoms with van der Waals surface area (Å²) in [5.74, 6) is -1.79. The first-order chi connectivity index (χ1) is 11.5. The number of carbonyl (C=O) groups is 2. The van der Waals surface area contributed by atoms with Crippen LogP contribution in [-0.2, 0) is 0 Å². The van der Waals surface area contributed by atoms with Gasteiger partial charge < -0.3 is 16.0 Å². The molecule has 3 amide bonds. The number of hydrogen-bond donors (Lipinski definition) is 3. The second-order valence-electron chi connectivity index (χ2n) is 5.04. The summed E-state index contributed by atoms with van der Waals surface area (Å²) in [6.07, 6.45) is 0.839. The molecule has 0 fully saturated rings. The predicted molar refractivity (Wildman–Crippen MR) is 88.1 cm³/mol. The number of nitrogens with one attached hydrogen (secondary N) is 3. The molecule has 2 aromatic rings. The molecule has 0 radical (unpaired) electrons. The molecule has 2 aromatic carbocycles. The second-order valence-corrected chi connectivity index (χ2v) is 5.04. The Kier molecular flexibility index (Phi) is 5.83. The number of hydrogen-bond acceptors (Lipinski definition) is 2. The highest BCUT2D eigenvalue weighted by molar-refractivity contribution is 6.00. The zero-order valence-corrected chi connectivity index (χ0v) is 13.0. The smallest absolute Gasteiger partial charge is 0.323 e. The fourth-order valence-corrected chi connectivity index (χ4v) is 1.92. The molecule has 0 aliphatic rings. The molecule has 0 atom stereocenters. The SMILES string of the molecule is CCCNC(=O)c1ccc(NC(=O)Nc2ccc(F)cc2F)cc1. The van der Waals surface area contributed by atoms with Crippen molar-refractivity contribution in [3.05, 3.63) is 59.7 Å². The van der Waals surface area contributed by atoms with Crippen molar-refractivity contribution in [1.29, 1.82) is 0 Å². The topological polar surface area (TPSA) is 70.2 Å². The summed E-state index contributed by atoms with van der Waals surface area (Å²) in [7, 11) is 0. The first-order valence-corrected chi connectivity index (χ1v) is 7.41. The van der Waals surface area contributed by atoms with Crippen LogP contribution in [0.3, 0.4) is 0 Å². The van der Waals surface area contributed by atoms with Gasteiger partial charge in [0.05, 0.1) is 5.69 Å². The van der Waals surface area contributed by atoms with Gasteiger partial charge in [-0.1, -0.05) is 6.92 Å². The van der Waals surface area contributed by atoms with Crippen molar-refractivity contribution < 1.29 is 18.4 Å². The molecule has 2 rings (SSSR count). The number of urea groups is 1. The van der Waals surface area contributed by atoms with Gasteiger partial charge in [-0.05, 0) is 42.8 Å². The highest BCUT2D eigenvalue weighted by Gasteiger charge is 2.09. The Balaban J connectivity index is 1.95. The van der Waals surface area contributed by atoms with E-state index in [2.05, 4.69) is 16.0 Å². The van der Waals surface area contributed by atoms with E-state index in [1.54, 1.807) is 24.3 Å². The Bertz CT molecular complexity index is 733. The molecule has 0 aliphatic carbocycles. The van der Waals surface area contributed by atoms with E-state index in [1.807, 2.05) is 6.92 Å². The average Bonchev–Trinajstić information content (AvgIpc) is 2.56. The molecule has 0 bridgehead atoms. The van der Waals surface area contributed by atoms with Crippen molar-refractivity contribution in [2.24, 2.45) is 0 Å². The van der Waals surface area contributed by atoms with Crippen LogP contribution < -0.4 is 16.0 Å². The van der Waals surface area contributed by atoms with Gasteiger partial charge in [0.25, 0.3) is 5.91 Å². The normalized spacial score (nSPS) is 10.1. The fraction of sp³-hybridized carbons (Fsp3) is 0.176. The van der Waals surface area contributed by atoms with E-state index >= 15 is 0 Å². The van der Waals surface area contributed by atoms with E-state index < -0.39 is 17.7 Å². The van der Waals surface area contributed by atoms with Crippen molar-refractivity contribution in [2.75, 3.05) is 17.2 Å². The van der Waals surface area contributed by atoms with Crippen molar-refractivity contribution in [3.8, 4) is 0 Å². The van der Waals surface area contributed by atoms with E-state index in [4.69, 9.17) is 0 Å². The van der Waals surface area contributed by atoms with Crippen LogP contribution in [0.15, 0.2) is 42.5 Å². The first-order valence-electron chi connectivity index (χ1n) is 7.41. The van der Waals surface area contributed by atoms with E-state index in [-0.39, 0.29) is 11.6 Å². The lowest BCUT2D eigenvalue weighted by atomic mass is 10.2. The summed E-state index contributed by atoms with van der Waals surface area (Å²) in [4.78, 5) is 23.6. The Morgan fingerprint density at radius 2 is 1.71 bits per heavy atom. The summed E-state index contributed by atoms with van der Waals surface area (Å²) in [5, 5.41) is 7.52. The third-order valence-corrected chi connectivity index (χ3v) is 3.12. The number of halogens is 2. The number of carbonyl (C=O) groups excluding carboxylic acids is 2. The van der Waals surface area contributed by atoms with Gasteiger partial charge in [-0.15, -0.1) is 0 Å². The van der Waals surface area contributed by atoms with Crippen LogP contribution in [0.4, 0.5) is 25.0 Å². The van der Waals surface area contributed by atoms with Crippen LogP contribution in [0.2, 0.25) is 0 Å². The van der Waals surface area contributed by atoms with E-state index in [1.165, 1.54) is 0 Å².